The van der Waals surface area contributed by atoms with Gasteiger partial charge in [-0.3, -0.25) is 4.79 Å². The molecule has 1 aliphatic rings. The topological polar surface area (TPSA) is 92.3 Å². The molecular weight excluding hydrogens is 434 g/mol. The first-order valence-corrected chi connectivity index (χ1v) is 11.3. The number of nitrogens with one attached hydrogen (secondary N) is 1. The van der Waals surface area contributed by atoms with Gasteiger partial charge in [-0.2, -0.15) is 4.31 Å². The quantitative estimate of drug-likeness (QED) is 0.641. The summed E-state index contributed by atoms with van der Waals surface area (Å²) in [6.07, 6.45) is 1.13. The van der Waals surface area contributed by atoms with E-state index in [0.717, 1.165) is 23.5 Å². The van der Waals surface area contributed by atoms with Crippen molar-refractivity contribution in [3.05, 3.63) is 70.2 Å². The Morgan fingerprint density at radius 1 is 1.10 bits per heavy atom. The molecule has 11 heteroatoms. The molecule has 156 valence electrons. The molecule has 2 heterocycles. The molecule has 3 aromatic rings. The van der Waals surface area contributed by atoms with Crippen molar-refractivity contribution in [2.45, 2.75) is 23.8 Å². The number of sulfonamides is 1. The Morgan fingerprint density at radius 2 is 1.83 bits per heavy atom. The van der Waals surface area contributed by atoms with E-state index in [2.05, 4.69) is 15.5 Å². The van der Waals surface area contributed by atoms with Crippen LogP contribution in [-0.4, -0.2) is 35.4 Å². The van der Waals surface area contributed by atoms with Crippen LogP contribution in [0.2, 0.25) is 0 Å². The monoisotopic (exact) mass is 450 g/mol. The van der Waals surface area contributed by atoms with Crippen molar-refractivity contribution in [2.75, 3.05) is 11.9 Å². The summed E-state index contributed by atoms with van der Waals surface area (Å²) in [4.78, 5) is 12.4. The third-order valence-electron chi connectivity index (χ3n) is 4.67. The van der Waals surface area contributed by atoms with Crippen LogP contribution in [0, 0.1) is 11.6 Å². The third kappa shape index (κ3) is 3.95. The van der Waals surface area contributed by atoms with E-state index in [0.29, 0.717) is 17.8 Å². The number of para-hydroxylation sites is 1. The maximum Gasteiger partial charge on any atom is 0.286 e. The Hall–Kier alpha value is -2.76. The van der Waals surface area contributed by atoms with Crippen molar-refractivity contribution >= 4 is 33.0 Å². The molecule has 0 unspecified atom stereocenters. The van der Waals surface area contributed by atoms with Crippen molar-refractivity contribution in [1.29, 1.82) is 0 Å². The predicted molar refractivity (Wildman–Crippen MR) is 107 cm³/mol. The zero-order valence-electron chi connectivity index (χ0n) is 15.5. The normalized spacial score (nSPS) is 17.2. The minimum Gasteiger partial charge on any atom is -0.317 e. The summed E-state index contributed by atoms with van der Waals surface area (Å²) in [5.74, 6) is -1.74. The van der Waals surface area contributed by atoms with Gasteiger partial charge in [-0.05, 0) is 49.2 Å². The van der Waals surface area contributed by atoms with E-state index in [4.69, 9.17) is 0 Å². The molecule has 4 rings (SSSR count). The van der Waals surface area contributed by atoms with Crippen molar-refractivity contribution in [2.24, 2.45) is 0 Å². The summed E-state index contributed by atoms with van der Waals surface area (Å²) < 4.78 is 54.2. The van der Waals surface area contributed by atoms with Crippen LogP contribution in [-0.2, 0) is 10.0 Å². The van der Waals surface area contributed by atoms with Crippen LogP contribution in [0.3, 0.4) is 0 Å². The minimum absolute atomic E-state index is 0.000664. The molecule has 0 bridgehead atoms. The van der Waals surface area contributed by atoms with Gasteiger partial charge >= 0.3 is 0 Å². The van der Waals surface area contributed by atoms with Gasteiger partial charge in [0.2, 0.25) is 15.0 Å². The average molecular weight is 450 g/mol. The molecule has 0 radical (unpaired) electrons. The van der Waals surface area contributed by atoms with Crippen LogP contribution in [0.25, 0.3) is 0 Å². The zero-order chi connectivity index (χ0) is 21.3. The first-order valence-electron chi connectivity index (χ1n) is 9.03. The highest BCUT2D eigenvalue weighted by atomic mass is 32.2. The van der Waals surface area contributed by atoms with Crippen LogP contribution in [0.1, 0.15) is 33.7 Å². The number of aromatic nitrogens is 2. The van der Waals surface area contributed by atoms with Gasteiger partial charge in [0.1, 0.15) is 16.6 Å². The lowest BCUT2D eigenvalue weighted by Gasteiger charge is -2.22. The van der Waals surface area contributed by atoms with Crippen molar-refractivity contribution in [3.8, 4) is 0 Å². The number of amides is 1. The lowest BCUT2D eigenvalue weighted by molar-refractivity contribution is 0.102. The molecule has 1 aromatic heterocycles. The van der Waals surface area contributed by atoms with Gasteiger partial charge in [-0.15, -0.1) is 10.2 Å². The molecule has 0 saturated carbocycles. The summed E-state index contributed by atoms with van der Waals surface area (Å²) in [6, 6.07) is 9.77. The molecule has 0 aliphatic carbocycles. The molecule has 1 amide bonds. The molecule has 2 aromatic carbocycles. The number of carbonyl (C=O) groups excluding carboxylic acids is 1. The average Bonchev–Trinajstić information content (AvgIpc) is 3.40. The maximum atomic E-state index is 13.7. The molecule has 1 saturated heterocycles. The SMILES string of the molecule is O=C(Nc1ccccc1F)c1nnc([C@@H]2CCCN2S(=O)(=O)c2ccc(F)cc2)s1. The number of nitrogens with zero attached hydrogens (tertiary/aromatic N) is 3. The van der Waals surface area contributed by atoms with Crippen molar-refractivity contribution in [3.63, 3.8) is 0 Å². The Bertz CT molecular complexity index is 1180. The summed E-state index contributed by atoms with van der Waals surface area (Å²) >= 11 is 0.958. The van der Waals surface area contributed by atoms with E-state index >= 15 is 0 Å². The summed E-state index contributed by atoms with van der Waals surface area (Å²) in [5.41, 5.74) is 0.0145. The first kappa shape index (κ1) is 20.5. The van der Waals surface area contributed by atoms with Crippen LogP contribution < -0.4 is 5.32 Å². The summed E-state index contributed by atoms with van der Waals surface area (Å²) in [5, 5.41) is 10.7. The molecule has 1 fully saturated rings. The van der Waals surface area contributed by atoms with Gasteiger partial charge in [-0.25, -0.2) is 17.2 Å². The van der Waals surface area contributed by atoms with E-state index < -0.39 is 33.6 Å². The first-order chi connectivity index (χ1) is 14.4. The van der Waals surface area contributed by atoms with Gasteiger partial charge in [-0.1, -0.05) is 23.5 Å². The van der Waals surface area contributed by atoms with E-state index in [1.165, 1.54) is 34.6 Å². The van der Waals surface area contributed by atoms with E-state index in [-0.39, 0.29) is 22.1 Å². The number of hydrogen-bond donors (Lipinski definition) is 1. The largest absolute Gasteiger partial charge is 0.317 e. The van der Waals surface area contributed by atoms with Crippen LogP contribution in [0.4, 0.5) is 14.5 Å². The smallest absolute Gasteiger partial charge is 0.286 e. The van der Waals surface area contributed by atoms with E-state index in [1.807, 2.05) is 0 Å². The summed E-state index contributed by atoms with van der Waals surface area (Å²) in [6.45, 7) is 0.278. The van der Waals surface area contributed by atoms with Crippen molar-refractivity contribution < 1.29 is 22.0 Å². The van der Waals surface area contributed by atoms with E-state index in [9.17, 15) is 22.0 Å². The fraction of sp³-hybridized carbons (Fsp3) is 0.211. The van der Waals surface area contributed by atoms with Gasteiger partial charge in [0.25, 0.3) is 5.91 Å². The van der Waals surface area contributed by atoms with Crippen LogP contribution in [0.15, 0.2) is 53.4 Å². The third-order valence-corrected chi connectivity index (χ3v) is 7.61. The number of anilines is 1. The van der Waals surface area contributed by atoms with Gasteiger partial charge < -0.3 is 5.32 Å². The number of carbonyl (C=O) groups is 1. The van der Waals surface area contributed by atoms with Gasteiger partial charge in [0.05, 0.1) is 16.6 Å². The standard InChI is InChI=1S/C19H16F2N4O3S2/c20-12-7-9-13(10-8-12)30(27,28)25-11-3-6-16(25)18-23-24-19(29-18)17(26)22-15-5-2-1-4-14(15)21/h1-2,4-5,7-10,16H,3,6,11H2,(H,22,26)/t16-/m0/s1. The highest BCUT2D eigenvalue weighted by Gasteiger charge is 2.38. The second kappa shape index (κ2) is 8.17. The maximum absolute atomic E-state index is 13.7. The fourth-order valence-corrected chi connectivity index (χ4v) is 5.83. The van der Waals surface area contributed by atoms with Crippen molar-refractivity contribution in [1.82, 2.24) is 14.5 Å². The second-order valence-corrected chi connectivity index (χ2v) is 9.51. The zero-order valence-corrected chi connectivity index (χ0v) is 17.1. The van der Waals surface area contributed by atoms with E-state index in [1.54, 1.807) is 6.07 Å². The molecule has 30 heavy (non-hydrogen) atoms. The number of hydrogen-bond acceptors (Lipinski definition) is 6. The summed E-state index contributed by atoms with van der Waals surface area (Å²) in [7, 11) is -3.86. The Balaban J connectivity index is 1.55. The second-order valence-electron chi connectivity index (χ2n) is 6.61. The Kier molecular flexibility index (Phi) is 5.58. The Labute approximate surface area is 175 Å². The lowest BCUT2D eigenvalue weighted by atomic mass is 10.2. The number of halogens is 2. The molecule has 1 N–H and O–H groups in total. The Morgan fingerprint density at radius 3 is 2.57 bits per heavy atom. The number of benzene rings is 2. The predicted octanol–water partition coefficient (Wildman–Crippen LogP) is 3.59. The molecule has 0 spiro atoms. The number of rotatable bonds is 5. The minimum atomic E-state index is -3.86. The van der Waals surface area contributed by atoms with Gasteiger partial charge in [0.15, 0.2) is 0 Å². The highest BCUT2D eigenvalue weighted by molar-refractivity contribution is 7.89. The lowest BCUT2D eigenvalue weighted by Crippen LogP contribution is -2.30. The van der Waals surface area contributed by atoms with Gasteiger partial charge in [0, 0.05) is 6.54 Å². The molecule has 7 nitrogen and oxygen atoms in total. The fourth-order valence-electron chi connectivity index (χ4n) is 3.22. The highest BCUT2D eigenvalue weighted by Crippen LogP contribution is 2.37. The molecule has 1 aliphatic heterocycles. The molecule has 1 atom stereocenters. The van der Waals surface area contributed by atoms with Crippen LogP contribution >= 0.6 is 11.3 Å². The molecular formula is C19H16F2N4O3S2. The van der Waals surface area contributed by atoms with Crippen LogP contribution in [0.5, 0.6) is 0 Å².